The summed E-state index contributed by atoms with van der Waals surface area (Å²) in [6, 6.07) is 7.48. The van der Waals surface area contributed by atoms with E-state index in [1.165, 1.54) is 16.8 Å². The first-order valence-corrected chi connectivity index (χ1v) is 7.86. The first-order chi connectivity index (χ1) is 11.5. The molecule has 2 aromatic rings. The molecule has 0 aliphatic heterocycles. The molecule has 0 aliphatic carbocycles. The molecule has 25 heavy (non-hydrogen) atoms. The first kappa shape index (κ1) is 20.6. The van der Waals surface area contributed by atoms with E-state index >= 15 is 0 Å². The summed E-state index contributed by atoms with van der Waals surface area (Å²) < 4.78 is 1.50. The molecule has 8 nitrogen and oxygen atoms in total. The van der Waals surface area contributed by atoms with Gasteiger partial charge in [-0.25, -0.2) is 4.68 Å². The van der Waals surface area contributed by atoms with Gasteiger partial charge in [0.2, 0.25) is 0 Å². The Balaban J connectivity index is 0.00000312. The number of hydrogen-bond donors (Lipinski definition) is 2. The van der Waals surface area contributed by atoms with Gasteiger partial charge < -0.3 is 11.1 Å². The van der Waals surface area contributed by atoms with Crippen LogP contribution in [0.5, 0.6) is 0 Å². The summed E-state index contributed by atoms with van der Waals surface area (Å²) in [5.74, 6) is -0.276. The Hall–Kier alpha value is -2.45. The number of nitrogens with zero attached hydrogens (tertiary/aromatic N) is 3. The normalized spacial score (nSPS) is 11.4. The van der Waals surface area contributed by atoms with Gasteiger partial charge in [-0.2, -0.15) is 5.10 Å². The standard InChI is InChI=1S/C16H21N5O3.ClH/c1-2-3-4-12(11-17)18-16(22)15-9-10-20(19-15)13-5-7-14(8-6-13)21(23)24;/h5-10,12H,2-4,11,17H2,1H3,(H,18,22);1H. The highest BCUT2D eigenvalue weighted by atomic mass is 35.5. The van der Waals surface area contributed by atoms with Crippen LogP contribution in [0.4, 0.5) is 5.69 Å². The third-order valence-corrected chi connectivity index (χ3v) is 3.67. The predicted octanol–water partition coefficient (Wildman–Crippen LogP) is 2.45. The van der Waals surface area contributed by atoms with Crippen LogP contribution in [0.25, 0.3) is 5.69 Å². The molecule has 0 aliphatic rings. The fraction of sp³-hybridized carbons (Fsp3) is 0.375. The predicted molar refractivity (Wildman–Crippen MR) is 97.3 cm³/mol. The molecule has 0 saturated heterocycles. The van der Waals surface area contributed by atoms with Gasteiger partial charge in [-0.05, 0) is 24.6 Å². The molecule has 0 spiro atoms. The van der Waals surface area contributed by atoms with Crippen molar-refractivity contribution in [3.63, 3.8) is 0 Å². The minimum absolute atomic E-state index is 0. The van der Waals surface area contributed by atoms with Crippen molar-refractivity contribution in [3.05, 3.63) is 52.3 Å². The number of benzene rings is 1. The lowest BCUT2D eigenvalue weighted by molar-refractivity contribution is -0.384. The average molecular weight is 368 g/mol. The minimum Gasteiger partial charge on any atom is -0.347 e. The molecule has 1 aromatic carbocycles. The van der Waals surface area contributed by atoms with Crippen LogP contribution in [0, 0.1) is 10.1 Å². The first-order valence-electron chi connectivity index (χ1n) is 7.86. The van der Waals surface area contributed by atoms with Crippen LogP contribution in [0.3, 0.4) is 0 Å². The van der Waals surface area contributed by atoms with Crippen LogP contribution in [0.1, 0.15) is 36.7 Å². The monoisotopic (exact) mass is 367 g/mol. The van der Waals surface area contributed by atoms with Crippen LogP contribution in [-0.2, 0) is 0 Å². The van der Waals surface area contributed by atoms with Crippen LogP contribution >= 0.6 is 12.4 Å². The van der Waals surface area contributed by atoms with Crippen molar-refractivity contribution in [2.45, 2.75) is 32.2 Å². The summed E-state index contributed by atoms with van der Waals surface area (Å²) in [5, 5.41) is 17.8. The molecular weight excluding hydrogens is 346 g/mol. The molecule has 1 atom stereocenters. The maximum absolute atomic E-state index is 12.2. The van der Waals surface area contributed by atoms with Gasteiger partial charge in [-0.3, -0.25) is 14.9 Å². The fourth-order valence-corrected chi connectivity index (χ4v) is 2.27. The third-order valence-electron chi connectivity index (χ3n) is 3.67. The minimum atomic E-state index is -0.463. The highest BCUT2D eigenvalue weighted by molar-refractivity contribution is 5.92. The van der Waals surface area contributed by atoms with Crippen molar-refractivity contribution >= 4 is 24.0 Å². The van der Waals surface area contributed by atoms with Gasteiger partial charge in [0, 0.05) is 30.9 Å². The summed E-state index contributed by atoms with van der Waals surface area (Å²) in [4.78, 5) is 22.4. The number of nitro groups is 1. The van der Waals surface area contributed by atoms with E-state index in [2.05, 4.69) is 17.3 Å². The number of rotatable bonds is 8. The Labute approximate surface area is 152 Å². The highest BCUT2D eigenvalue weighted by Crippen LogP contribution is 2.15. The largest absolute Gasteiger partial charge is 0.347 e. The zero-order chi connectivity index (χ0) is 17.5. The van der Waals surface area contributed by atoms with E-state index in [9.17, 15) is 14.9 Å². The molecule has 136 valence electrons. The number of carbonyl (C=O) groups excluding carboxylic acids is 1. The molecule has 1 heterocycles. The van der Waals surface area contributed by atoms with Gasteiger partial charge >= 0.3 is 0 Å². The van der Waals surface area contributed by atoms with Gasteiger partial charge in [-0.15, -0.1) is 12.4 Å². The van der Waals surface area contributed by atoms with Crippen LogP contribution in [0.15, 0.2) is 36.5 Å². The van der Waals surface area contributed by atoms with E-state index in [4.69, 9.17) is 5.73 Å². The molecular formula is C16H22ClN5O3. The summed E-state index contributed by atoms with van der Waals surface area (Å²) in [5.41, 5.74) is 6.61. The number of aromatic nitrogens is 2. The van der Waals surface area contributed by atoms with Gasteiger partial charge in [-0.1, -0.05) is 19.8 Å². The molecule has 1 unspecified atom stereocenters. The molecule has 1 amide bonds. The average Bonchev–Trinajstić information content (AvgIpc) is 3.08. The maximum atomic E-state index is 12.2. The van der Waals surface area contributed by atoms with Gasteiger partial charge in [0.1, 0.15) is 0 Å². The number of nitro benzene ring substituents is 1. The smallest absolute Gasteiger partial charge is 0.272 e. The Morgan fingerprint density at radius 2 is 2.04 bits per heavy atom. The number of amides is 1. The zero-order valence-corrected chi connectivity index (χ0v) is 14.7. The molecule has 0 fully saturated rings. The molecule has 1 aromatic heterocycles. The van der Waals surface area contributed by atoms with Crippen molar-refractivity contribution < 1.29 is 9.72 Å². The van der Waals surface area contributed by atoms with Crippen molar-refractivity contribution in [3.8, 4) is 5.69 Å². The topological polar surface area (TPSA) is 116 Å². The lowest BCUT2D eigenvalue weighted by Crippen LogP contribution is -2.40. The zero-order valence-electron chi connectivity index (χ0n) is 13.9. The quantitative estimate of drug-likeness (QED) is 0.549. The molecule has 3 N–H and O–H groups in total. The third kappa shape index (κ3) is 5.54. The summed E-state index contributed by atoms with van der Waals surface area (Å²) in [6.07, 6.45) is 4.52. The fourth-order valence-electron chi connectivity index (χ4n) is 2.27. The summed E-state index contributed by atoms with van der Waals surface area (Å²) >= 11 is 0. The van der Waals surface area contributed by atoms with Crippen molar-refractivity contribution in [1.29, 1.82) is 0 Å². The number of nitrogens with one attached hydrogen (secondary N) is 1. The second kappa shape index (κ2) is 9.75. The lowest BCUT2D eigenvalue weighted by atomic mass is 10.1. The van der Waals surface area contributed by atoms with Crippen molar-refractivity contribution in [1.82, 2.24) is 15.1 Å². The number of nitrogens with two attached hydrogens (primary N) is 1. The van der Waals surface area contributed by atoms with Gasteiger partial charge in [0.25, 0.3) is 11.6 Å². The van der Waals surface area contributed by atoms with Crippen LogP contribution in [-0.4, -0.2) is 33.2 Å². The van der Waals surface area contributed by atoms with Crippen LogP contribution in [0.2, 0.25) is 0 Å². The van der Waals surface area contributed by atoms with Crippen molar-refractivity contribution in [2.75, 3.05) is 6.54 Å². The molecule has 0 bridgehead atoms. The Bertz CT molecular complexity index is 702. The number of carbonyl (C=O) groups is 1. The number of non-ortho nitro benzene ring substituents is 1. The second-order valence-corrected chi connectivity index (χ2v) is 5.47. The Morgan fingerprint density at radius 1 is 1.36 bits per heavy atom. The lowest BCUT2D eigenvalue weighted by Gasteiger charge is -2.15. The van der Waals surface area contributed by atoms with Crippen molar-refractivity contribution in [2.24, 2.45) is 5.73 Å². The van der Waals surface area contributed by atoms with E-state index in [0.717, 1.165) is 19.3 Å². The number of halogens is 1. The van der Waals surface area contributed by atoms with Gasteiger partial charge in [0.05, 0.1) is 10.6 Å². The molecule has 2 rings (SSSR count). The van der Waals surface area contributed by atoms with E-state index in [-0.39, 0.29) is 35.7 Å². The summed E-state index contributed by atoms with van der Waals surface area (Å²) in [6.45, 7) is 2.47. The Morgan fingerprint density at radius 3 is 2.60 bits per heavy atom. The van der Waals surface area contributed by atoms with E-state index in [0.29, 0.717) is 12.2 Å². The SMILES string of the molecule is CCCCC(CN)NC(=O)c1ccn(-c2ccc([N+](=O)[O-])cc2)n1.Cl. The molecule has 0 radical (unpaired) electrons. The molecule has 9 heteroatoms. The van der Waals surface area contributed by atoms with E-state index < -0.39 is 4.92 Å². The second-order valence-electron chi connectivity index (χ2n) is 5.47. The van der Waals surface area contributed by atoms with E-state index in [1.807, 2.05) is 0 Å². The van der Waals surface area contributed by atoms with Crippen LogP contribution < -0.4 is 11.1 Å². The maximum Gasteiger partial charge on any atom is 0.272 e. The van der Waals surface area contributed by atoms with E-state index in [1.54, 1.807) is 24.4 Å². The molecule has 0 saturated carbocycles. The number of hydrogen-bond acceptors (Lipinski definition) is 5. The Kier molecular flexibility index (Phi) is 8.03. The number of unbranched alkanes of at least 4 members (excludes halogenated alkanes) is 1. The summed E-state index contributed by atoms with van der Waals surface area (Å²) in [7, 11) is 0. The highest BCUT2D eigenvalue weighted by Gasteiger charge is 2.15. The van der Waals surface area contributed by atoms with Gasteiger partial charge in [0.15, 0.2) is 5.69 Å².